The van der Waals surface area contributed by atoms with Gasteiger partial charge in [0.2, 0.25) is 0 Å². The monoisotopic (exact) mass is 195 g/mol. The van der Waals surface area contributed by atoms with Crippen molar-refractivity contribution in [3.63, 3.8) is 0 Å². The SMILES string of the molecule is COC(=O)C1=CC2=C(CCCN2)OC1. The maximum Gasteiger partial charge on any atom is 0.337 e. The summed E-state index contributed by atoms with van der Waals surface area (Å²) < 4.78 is 10.1. The van der Waals surface area contributed by atoms with Gasteiger partial charge in [-0.2, -0.15) is 0 Å². The first-order valence-electron chi connectivity index (χ1n) is 4.70. The van der Waals surface area contributed by atoms with E-state index in [0.29, 0.717) is 12.2 Å². The molecule has 4 heteroatoms. The molecule has 0 saturated carbocycles. The Bertz CT molecular complexity index is 317. The summed E-state index contributed by atoms with van der Waals surface area (Å²) in [7, 11) is 1.38. The van der Waals surface area contributed by atoms with Gasteiger partial charge in [0.15, 0.2) is 0 Å². The van der Waals surface area contributed by atoms with E-state index in [1.54, 1.807) is 0 Å². The summed E-state index contributed by atoms with van der Waals surface area (Å²) in [6, 6.07) is 0. The molecule has 0 aromatic rings. The summed E-state index contributed by atoms with van der Waals surface area (Å²) in [4.78, 5) is 11.2. The maximum atomic E-state index is 11.2. The fourth-order valence-corrected chi connectivity index (χ4v) is 1.62. The molecule has 0 bridgehead atoms. The zero-order valence-electron chi connectivity index (χ0n) is 8.13. The molecule has 2 heterocycles. The fraction of sp³-hybridized carbons (Fsp3) is 0.500. The molecule has 2 aliphatic heterocycles. The second-order valence-corrected chi connectivity index (χ2v) is 3.32. The van der Waals surface area contributed by atoms with E-state index in [2.05, 4.69) is 10.1 Å². The molecule has 0 saturated heterocycles. The van der Waals surface area contributed by atoms with Crippen molar-refractivity contribution in [2.75, 3.05) is 20.3 Å². The number of carbonyl (C=O) groups excluding carboxylic acids is 1. The Balaban J connectivity index is 2.20. The van der Waals surface area contributed by atoms with Crippen molar-refractivity contribution in [3.05, 3.63) is 23.1 Å². The van der Waals surface area contributed by atoms with Crippen molar-refractivity contribution in [1.82, 2.24) is 5.32 Å². The second kappa shape index (κ2) is 3.74. The fourth-order valence-electron chi connectivity index (χ4n) is 1.62. The highest BCUT2D eigenvalue weighted by Gasteiger charge is 2.21. The minimum absolute atomic E-state index is 0.316. The van der Waals surface area contributed by atoms with Crippen molar-refractivity contribution in [2.45, 2.75) is 12.8 Å². The predicted octanol–water partition coefficient (Wildman–Crippen LogP) is 0.711. The van der Waals surface area contributed by atoms with Crippen LogP contribution in [0.1, 0.15) is 12.8 Å². The largest absolute Gasteiger partial charge is 0.491 e. The first-order chi connectivity index (χ1) is 6.81. The Morgan fingerprint density at radius 1 is 1.64 bits per heavy atom. The van der Waals surface area contributed by atoms with Gasteiger partial charge < -0.3 is 14.8 Å². The van der Waals surface area contributed by atoms with E-state index in [0.717, 1.165) is 30.8 Å². The summed E-state index contributed by atoms with van der Waals surface area (Å²) >= 11 is 0. The van der Waals surface area contributed by atoms with Crippen LogP contribution in [0.5, 0.6) is 0 Å². The number of rotatable bonds is 1. The van der Waals surface area contributed by atoms with Gasteiger partial charge in [-0.25, -0.2) is 4.79 Å². The van der Waals surface area contributed by atoms with E-state index in [1.165, 1.54) is 7.11 Å². The molecule has 0 amide bonds. The van der Waals surface area contributed by atoms with Gasteiger partial charge in [0.1, 0.15) is 12.4 Å². The lowest BCUT2D eigenvalue weighted by molar-refractivity contribution is -0.136. The van der Waals surface area contributed by atoms with E-state index in [4.69, 9.17) is 4.74 Å². The first-order valence-corrected chi connectivity index (χ1v) is 4.70. The zero-order valence-corrected chi connectivity index (χ0v) is 8.13. The van der Waals surface area contributed by atoms with Crippen LogP contribution in [0.3, 0.4) is 0 Å². The van der Waals surface area contributed by atoms with Gasteiger partial charge in [0, 0.05) is 13.0 Å². The van der Waals surface area contributed by atoms with Crippen LogP contribution in [0.2, 0.25) is 0 Å². The van der Waals surface area contributed by atoms with E-state index in [-0.39, 0.29) is 5.97 Å². The number of ether oxygens (including phenoxy) is 2. The smallest absolute Gasteiger partial charge is 0.337 e. The molecule has 2 aliphatic rings. The summed E-state index contributed by atoms with van der Waals surface area (Å²) in [6.45, 7) is 1.26. The van der Waals surface area contributed by atoms with Gasteiger partial charge in [-0.1, -0.05) is 0 Å². The molecule has 0 aromatic heterocycles. The van der Waals surface area contributed by atoms with Gasteiger partial charge in [-0.05, 0) is 12.5 Å². The van der Waals surface area contributed by atoms with Gasteiger partial charge in [0.25, 0.3) is 0 Å². The number of esters is 1. The molecule has 4 nitrogen and oxygen atoms in total. The maximum absolute atomic E-state index is 11.2. The second-order valence-electron chi connectivity index (χ2n) is 3.32. The number of hydrogen-bond donors (Lipinski definition) is 1. The lowest BCUT2D eigenvalue weighted by Gasteiger charge is -2.24. The predicted molar refractivity (Wildman–Crippen MR) is 50.3 cm³/mol. The molecule has 2 rings (SSSR count). The van der Waals surface area contributed by atoms with E-state index in [9.17, 15) is 4.79 Å². The van der Waals surface area contributed by atoms with E-state index in [1.807, 2.05) is 6.08 Å². The lowest BCUT2D eigenvalue weighted by atomic mass is 10.1. The summed E-state index contributed by atoms with van der Waals surface area (Å²) in [6.07, 6.45) is 3.86. The molecule has 0 aromatic carbocycles. The molecule has 0 atom stereocenters. The highest BCUT2D eigenvalue weighted by Crippen LogP contribution is 2.23. The molecule has 0 aliphatic carbocycles. The zero-order chi connectivity index (χ0) is 9.97. The third kappa shape index (κ3) is 1.60. The summed E-state index contributed by atoms with van der Waals surface area (Å²) in [5.74, 6) is 0.646. The Labute approximate surface area is 82.6 Å². The van der Waals surface area contributed by atoms with Gasteiger partial charge in [0.05, 0.1) is 18.4 Å². The molecular weight excluding hydrogens is 182 g/mol. The molecular formula is C10H13NO3. The number of carbonyl (C=O) groups is 1. The minimum Gasteiger partial charge on any atom is -0.491 e. The van der Waals surface area contributed by atoms with Crippen LogP contribution in [0.25, 0.3) is 0 Å². The number of allylic oxidation sites excluding steroid dienone is 2. The Morgan fingerprint density at radius 2 is 2.50 bits per heavy atom. The third-order valence-corrected chi connectivity index (χ3v) is 2.36. The number of hydrogen-bond acceptors (Lipinski definition) is 4. The Morgan fingerprint density at radius 3 is 3.29 bits per heavy atom. The molecule has 0 radical (unpaired) electrons. The van der Waals surface area contributed by atoms with Crippen LogP contribution in [0.4, 0.5) is 0 Å². The van der Waals surface area contributed by atoms with Crippen LogP contribution in [0.15, 0.2) is 23.1 Å². The molecule has 0 spiro atoms. The van der Waals surface area contributed by atoms with Crippen molar-refractivity contribution < 1.29 is 14.3 Å². The van der Waals surface area contributed by atoms with Crippen molar-refractivity contribution in [2.24, 2.45) is 0 Å². The Kier molecular flexibility index (Phi) is 2.43. The van der Waals surface area contributed by atoms with Crippen LogP contribution in [-0.2, 0) is 14.3 Å². The minimum atomic E-state index is -0.316. The van der Waals surface area contributed by atoms with E-state index >= 15 is 0 Å². The van der Waals surface area contributed by atoms with E-state index < -0.39 is 0 Å². The van der Waals surface area contributed by atoms with Gasteiger partial charge in [-0.3, -0.25) is 0 Å². The molecule has 0 fully saturated rings. The van der Waals surface area contributed by atoms with Crippen molar-refractivity contribution >= 4 is 5.97 Å². The summed E-state index contributed by atoms with van der Waals surface area (Å²) in [5.41, 5.74) is 1.50. The lowest BCUT2D eigenvalue weighted by Crippen LogP contribution is -2.26. The summed E-state index contributed by atoms with van der Waals surface area (Å²) in [5, 5.41) is 3.20. The molecule has 76 valence electrons. The molecule has 1 N–H and O–H groups in total. The first kappa shape index (κ1) is 9.12. The van der Waals surface area contributed by atoms with Gasteiger partial charge in [-0.15, -0.1) is 0 Å². The average Bonchev–Trinajstić information content (AvgIpc) is 2.27. The normalized spacial score (nSPS) is 20.2. The molecule has 14 heavy (non-hydrogen) atoms. The highest BCUT2D eigenvalue weighted by molar-refractivity contribution is 5.89. The van der Waals surface area contributed by atoms with Crippen LogP contribution in [-0.4, -0.2) is 26.2 Å². The van der Waals surface area contributed by atoms with Crippen LogP contribution in [0, 0.1) is 0 Å². The van der Waals surface area contributed by atoms with Gasteiger partial charge >= 0.3 is 5.97 Å². The highest BCUT2D eigenvalue weighted by atomic mass is 16.5. The topological polar surface area (TPSA) is 47.6 Å². The van der Waals surface area contributed by atoms with Crippen molar-refractivity contribution in [3.8, 4) is 0 Å². The third-order valence-electron chi connectivity index (χ3n) is 2.36. The van der Waals surface area contributed by atoms with Crippen LogP contribution < -0.4 is 5.32 Å². The quantitative estimate of drug-likeness (QED) is 0.626. The number of methoxy groups -OCH3 is 1. The van der Waals surface area contributed by atoms with Crippen LogP contribution >= 0.6 is 0 Å². The molecule has 0 unspecified atom stereocenters. The number of nitrogens with one attached hydrogen (secondary N) is 1. The Hall–Kier alpha value is -1.45. The standard InChI is InChI=1S/C10H13NO3/c1-13-10(12)7-5-8-9(14-6-7)3-2-4-11-8/h5,11H,2-4,6H2,1H3. The van der Waals surface area contributed by atoms with Crippen molar-refractivity contribution in [1.29, 1.82) is 0 Å². The average molecular weight is 195 g/mol.